The molecule has 0 radical (unpaired) electrons. The Morgan fingerprint density at radius 3 is 2.62 bits per heavy atom. The minimum absolute atomic E-state index is 0.112. The average Bonchev–Trinajstić information content (AvgIpc) is 3.20. The monoisotopic (exact) mass is 373 g/mol. The van der Waals surface area contributed by atoms with Crippen molar-refractivity contribution in [2.24, 2.45) is 0 Å². The van der Waals surface area contributed by atoms with Crippen molar-refractivity contribution in [3.63, 3.8) is 0 Å². The number of halogens is 1. The highest BCUT2D eigenvalue weighted by atomic mass is 35.5. The third kappa shape index (κ3) is 3.80. The number of aryl methyl sites for hydroxylation is 2. The second-order valence-electron chi connectivity index (χ2n) is 6.03. The number of nitrogens with zero attached hydrogens (tertiary/aromatic N) is 3. The van der Waals surface area contributed by atoms with Crippen molar-refractivity contribution in [1.82, 2.24) is 15.1 Å². The molecular formula is C19H20ClN3O3. The van der Waals surface area contributed by atoms with E-state index in [9.17, 15) is 4.79 Å². The third-order valence-electron chi connectivity index (χ3n) is 3.95. The summed E-state index contributed by atoms with van der Waals surface area (Å²) in [6, 6.07) is 9.01. The summed E-state index contributed by atoms with van der Waals surface area (Å²) in [5.41, 5.74) is 1.23. The van der Waals surface area contributed by atoms with Gasteiger partial charge in [-0.05, 0) is 38.5 Å². The quantitative estimate of drug-likeness (QED) is 0.628. The summed E-state index contributed by atoms with van der Waals surface area (Å²) in [5.74, 6) is 1.90. The molecule has 1 amide bonds. The number of carbonyl (C=O) groups is 1. The Balaban J connectivity index is 1.82. The first-order valence-electron chi connectivity index (χ1n) is 8.43. The maximum Gasteiger partial charge on any atom is 0.257 e. The normalized spacial score (nSPS) is 10.9. The Labute approximate surface area is 156 Å². The highest BCUT2D eigenvalue weighted by molar-refractivity contribution is 6.33. The molecule has 0 fully saturated rings. The van der Waals surface area contributed by atoms with Crippen molar-refractivity contribution in [2.75, 3.05) is 6.54 Å². The van der Waals surface area contributed by atoms with E-state index >= 15 is 0 Å². The van der Waals surface area contributed by atoms with E-state index in [0.717, 1.165) is 6.42 Å². The summed E-state index contributed by atoms with van der Waals surface area (Å²) in [7, 11) is 0. The Kier molecular flexibility index (Phi) is 5.42. The van der Waals surface area contributed by atoms with Crippen LogP contribution in [-0.4, -0.2) is 27.5 Å². The van der Waals surface area contributed by atoms with Gasteiger partial charge in [0.25, 0.3) is 5.91 Å². The standard InChI is InChI=1S/C19H20ClN3O3/c1-4-9-23(19(24)15-10-12(2)25-13(15)3)11-17-21-22-18(26-17)14-7-5-6-8-16(14)20/h5-8,10H,4,9,11H2,1-3H3. The molecule has 0 aliphatic heterocycles. The van der Waals surface area contributed by atoms with Crippen molar-refractivity contribution in [2.45, 2.75) is 33.7 Å². The number of rotatable bonds is 6. The molecule has 1 aromatic carbocycles. The first kappa shape index (κ1) is 18.2. The highest BCUT2D eigenvalue weighted by Crippen LogP contribution is 2.26. The highest BCUT2D eigenvalue weighted by Gasteiger charge is 2.22. The van der Waals surface area contributed by atoms with Crippen LogP contribution in [0.3, 0.4) is 0 Å². The van der Waals surface area contributed by atoms with Crippen molar-refractivity contribution in [3.8, 4) is 11.5 Å². The summed E-state index contributed by atoms with van der Waals surface area (Å²) >= 11 is 6.17. The van der Waals surface area contributed by atoms with Crippen molar-refractivity contribution < 1.29 is 13.6 Å². The molecule has 0 saturated carbocycles. The Morgan fingerprint density at radius 1 is 1.19 bits per heavy atom. The van der Waals surface area contributed by atoms with Gasteiger partial charge in [-0.2, -0.15) is 0 Å². The Bertz CT molecular complexity index is 916. The molecule has 0 aliphatic carbocycles. The molecule has 3 aromatic rings. The molecule has 0 N–H and O–H groups in total. The number of aromatic nitrogens is 2. The van der Waals surface area contributed by atoms with E-state index in [2.05, 4.69) is 10.2 Å². The smallest absolute Gasteiger partial charge is 0.257 e. The summed E-state index contributed by atoms with van der Waals surface area (Å²) in [6.07, 6.45) is 0.813. The summed E-state index contributed by atoms with van der Waals surface area (Å²) < 4.78 is 11.2. The average molecular weight is 374 g/mol. The summed E-state index contributed by atoms with van der Waals surface area (Å²) in [5, 5.41) is 8.66. The van der Waals surface area contributed by atoms with Gasteiger partial charge in [0.1, 0.15) is 11.5 Å². The minimum atomic E-state index is -0.112. The van der Waals surface area contributed by atoms with Crippen LogP contribution in [0.25, 0.3) is 11.5 Å². The number of amides is 1. The molecule has 0 unspecified atom stereocenters. The lowest BCUT2D eigenvalue weighted by atomic mass is 10.2. The molecule has 0 bridgehead atoms. The molecule has 0 spiro atoms. The molecule has 0 saturated heterocycles. The number of furan rings is 1. The molecule has 136 valence electrons. The number of hydrogen-bond donors (Lipinski definition) is 0. The van der Waals surface area contributed by atoms with Gasteiger partial charge in [-0.15, -0.1) is 10.2 Å². The molecule has 2 heterocycles. The lowest BCUT2D eigenvalue weighted by Gasteiger charge is -2.19. The van der Waals surface area contributed by atoms with E-state index in [1.54, 1.807) is 24.0 Å². The molecule has 26 heavy (non-hydrogen) atoms. The zero-order valence-corrected chi connectivity index (χ0v) is 15.7. The summed E-state index contributed by atoms with van der Waals surface area (Å²) in [4.78, 5) is 14.5. The first-order valence-corrected chi connectivity index (χ1v) is 8.81. The van der Waals surface area contributed by atoms with Crippen LogP contribution in [0.5, 0.6) is 0 Å². The molecule has 7 heteroatoms. The zero-order chi connectivity index (χ0) is 18.7. The van der Waals surface area contributed by atoms with E-state index in [0.29, 0.717) is 46.0 Å². The maximum absolute atomic E-state index is 12.9. The van der Waals surface area contributed by atoms with E-state index in [1.165, 1.54) is 0 Å². The van der Waals surface area contributed by atoms with E-state index < -0.39 is 0 Å². The fourth-order valence-electron chi connectivity index (χ4n) is 2.76. The first-order chi connectivity index (χ1) is 12.5. The van der Waals surface area contributed by atoms with Crippen molar-refractivity contribution in [3.05, 3.63) is 58.3 Å². The van der Waals surface area contributed by atoms with Gasteiger partial charge in [-0.1, -0.05) is 30.7 Å². The van der Waals surface area contributed by atoms with Crippen LogP contribution in [0.1, 0.15) is 41.1 Å². The van der Waals surface area contributed by atoms with Crippen LogP contribution >= 0.6 is 11.6 Å². The second kappa shape index (κ2) is 7.74. The number of benzene rings is 1. The molecular weight excluding hydrogens is 354 g/mol. The molecule has 0 aliphatic rings. The van der Waals surface area contributed by atoms with Crippen LogP contribution in [-0.2, 0) is 6.54 Å². The van der Waals surface area contributed by atoms with Gasteiger partial charge in [0.05, 0.1) is 22.7 Å². The zero-order valence-electron chi connectivity index (χ0n) is 15.0. The Hall–Kier alpha value is -2.60. The van der Waals surface area contributed by atoms with Gasteiger partial charge >= 0.3 is 0 Å². The van der Waals surface area contributed by atoms with Crippen LogP contribution < -0.4 is 0 Å². The molecule has 3 rings (SSSR count). The van der Waals surface area contributed by atoms with Gasteiger partial charge in [0.2, 0.25) is 11.8 Å². The van der Waals surface area contributed by atoms with Crippen LogP contribution in [0.2, 0.25) is 5.02 Å². The third-order valence-corrected chi connectivity index (χ3v) is 4.28. The van der Waals surface area contributed by atoms with Crippen LogP contribution in [0.4, 0.5) is 0 Å². The molecule has 6 nitrogen and oxygen atoms in total. The minimum Gasteiger partial charge on any atom is -0.466 e. The van der Waals surface area contributed by atoms with Gasteiger partial charge < -0.3 is 13.7 Å². The van der Waals surface area contributed by atoms with E-state index in [4.69, 9.17) is 20.4 Å². The fourth-order valence-corrected chi connectivity index (χ4v) is 2.98. The fraction of sp³-hybridized carbons (Fsp3) is 0.316. The van der Waals surface area contributed by atoms with Crippen molar-refractivity contribution >= 4 is 17.5 Å². The lowest BCUT2D eigenvalue weighted by molar-refractivity contribution is 0.0727. The van der Waals surface area contributed by atoms with Gasteiger partial charge in [-0.3, -0.25) is 4.79 Å². The van der Waals surface area contributed by atoms with Crippen molar-refractivity contribution in [1.29, 1.82) is 0 Å². The lowest BCUT2D eigenvalue weighted by Crippen LogP contribution is -2.31. The largest absolute Gasteiger partial charge is 0.466 e. The van der Waals surface area contributed by atoms with Gasteiger partial charge in [0, 0.05) is 6.54 Å². The Morgan fingerprint density at radius 2 is 1.96 bits per heavy atom. The maximum atomic E-state index is 12.9. The SMILES string of the molecule is CCCN(Cc1nnc(-c2ccccc2Cl)o1)C(=O)c1cc(C)oc1C. The van der Waals surface area contributed by atoms with Crippen LogP contribution in [0.15, 0.2) is 39.2 Å². The molecule has 0 atom stereocenters. The number of hydrogen-bond acceptors (Lipinski definition) is 5. The van der Waals surface area contributed by atoms with Crippen LogP contribution in [0, 0.1) is 13.8 Å². The topological polar surface area (TPSA) is 72.4 Å². The van der Waals surface area contributed by atoms with E-state index in [-0.39, 0.29) is 12.5 Å². The summed E-state index contributed by atoms with van der Waals surface area (Å²) in [6.45, 7) is 6.42. The van der Waals surface area contributed by atoms with E-state index in [1.807, 2.05) is 32.0 Å². The van der Waals surface area contributed by atoms with Gasteiger partial charge in [0.15, 0.2) is 0 Å². The predicted octanol–water partition coefficient (Wildman–Crippen LogP) is 4.65. The van der Waals surface area contributed by atoms with Gasteiger partial charge in [-0.25, -0.2) is 0 Å². The second-order valence-corrected chi connectivity index (χ2v) is 6.44. The number of carbonyl (C=O) groups excluding carboxylic acids is 1. The predicted molar refractivity (Wildman–Crippen MR) is 98.0 cm³/mol. The molecule has 2 aromatic heterocycles.